The van der Waals surface area contributed by atoms with Gasteiger partial charge in [0.05, 0.1) is 12.0 Å². The Morgan fingerprint density at radius 2 is 1.70 bits per heavy atom. The summed E-state index contributed by atoms with van der Waals surface area (Å²) in [5.74, 6) is 1.33. The lowest BCUT2D eigenvalue weighted by atomic mass is 9.73. The molecule has 0 saturated carbocycles. The first kappa shape index (κ1) is 19.4. The highest BCUT2D eigenvalue weighted by Crippen LogP contribution is 2.36. The second-order valence-electron chi connectivity index (χ2n) is 7.74. The summed E-state index contributed by atoms with van der Waals surface area (Å²) in [5.41, 5.74) is 2.50. The number of nitrogens with one attached hydrogen (secondary N) is 1. The Balaban J connectivity index is 1.76. The molecule has 0 spiro atoms. The highest BCUT2D eigenvalue weighted by molar-refractivity contribution is 5.99. The molecule has 27 heavy (non-hydrogen) atoms. The molecule has 2 aromatic carbocycles. The van der Waals surface area contributed by atoms with Crippen molar-refractivity contribution in [3.63, 3.8) is 0 Å². The summed E-state index contributed by atoms with van der Waals surface area (Å²) in [5, 5.41) is 3.11. The minimum atomic E-state index is -0.543. The van der Waals surface area contributed by atoms with Gasteiger partial charge in [-0.3, -0.25) is 4.79 Å². The Morgan fingerprint density at radius 3 is 2.30 bits per heavy atom. The van der Waals surface area contributed by atoms with Crippen LogP contribution in [0.5, 0.6) is 5.75 Å². The van der Waals surface area contributed by atoms with Crippen LogP contribution >= 0.6 is 0 Å². The van der Waals surface area contributed by atoms with Gasteiger partial charge in [-0.25, -0.2) is 0 Å². The van der Waals surface area contributed by atoms with Crippen LogP contribution in [-0.2, 0) is 14.9 Å². The summed E-state index contributed by atoms with van der Waals surface area (Å²) in [6.45, 7) is 8.18. The van der Waals surface area contributed by atoms with E-state index in [1.807, 2.05) is 24.3 Å². The van der Waals surface area contributed by atoms with Gasteiger partial charge in [0.25, 0.3) is 0 Å². The molecule has 4 heteroatoms. The number of benzene rings is 2. The molecule has 1 aliphatic rings. The maximum absolute atomic E-state index is 13.3. The lowest BCUT2D eigenvalue weighted by Crippen LogP contribution is -2.44. The van der Waals surface area contributed by atoms with Gasteiger partial charge >= 0.3 is 0 Å². The van der Waals surface area contributed by atoms with E-state index in [-0.39, 0.29) is 5.91 Å². The third-order valence-corrected chi connectivity index (χ3v) is 5.08. The number of carbonyl (C=O) groups excluding carboxylic acids is 1. The zero-order valence-corrected chi connectivity index (χ0v) is 16.5. The predicted octanol–water partition coefficient (Wildman–Crippen LogP) is 4.72. The van der Waals surface area contributed by atoms with E-state index in [1.165, 1.54) is 5.56 Å². The average molecular weight is 367 g/mol. The molecule has 1 aliphatic heterocycles. The van der Waals surface area contributed by atoms with E-state index in [4.69, 9.17) is 9.47 Å². The number of anilines is 1. The Hall–Kier alpha value is -2.33. The molecule has 0 unspecified atom stereocenters. The van der Waals surface area contributed by atoms with Crippen LogP contribution in [0, 0.1) is 12.8 Å². The molecule has 2 aromatic rings. The van der Waals surface area contributed by atoms with Gasteiger partial charge in [-0.05, 0) is 55.5 Å². The third-order valence-electron chi connectivity index (χ3n) is 5.08. The Morgan fingerprint density at radius 1 is 1.07 bits per heavy atom. The maximum atomic E-state index is 13.3. The molecule has 0 aliphatic carbocycles. The minimum absolute atomic E-state index is 0.0329. The number of carbonyl (C=O) groups is 1. The number of ether oxygens (including phenoxy) is 2. The second-order valence-corrected chi connectivity index (χ2v) is 7.74. The summed E-state index contributed by atoms with van der Waals surface area (Å²) in [6.07, 6.45) is 1.38. The van der Waals surface area contributed by atoms with E-state index in [0.717, 1.165) is 17.0 Å². The maximum Gasteiger partial charge on any atom is 0.235 e. The van der Waals surface area contributed by atoms with E-state index in [0.29, 0.717) is 38.6 Å². The molecule has 4 nitrogen and oxygen atoms in total. The van der Waals surface area contributed by atoms with Gasteiger partial charge in [0.15, 0.2) is 0 Å². The molecule has 1 fully saturated rings. The van der Waals surface area contributed by atoms with E-state index < -0.39 is 5.41 Å². The molecule has 0 atom stereocenters. The molecule has 1 N–H and O–H groups in total. The van der Waals surface area contributed by atoms with Gasteiger partial charge in [-0.2, -0.15) is 0 Å². The lowest BCUT2D eigenvalue weighted by molar-refractivity contribution is -0.125. The standard InChI is InChI=1S/C23H29NO3/c1-17(2)16-27-21-10-8-20(9-11-21)24-22(25)23(12-14-26-15-13-23)19-6-4-18(3)5-7-19/h4-11,17H,12-16H2,1-3H3,(H,24,25). The molecule has 0 aromatic heterocycles. The zero-order valence-electron chi connectivity index (χ0n) is 16.5. The quantitative estimate of drug-likeness (QED) is 0.804. The summed E-state index contributed by atoms with van der Waals surface area (Å²) in [7, 11) is 0. The van der Waals surface area contributed by atoms with Gasteiger partial charge in [0.2, 0.25) is 5.91 Å². The largest absolute Gasteiger partial charge is 0.493 e. The van der Waals surface area contributed by atoms with Gasteiger partial charge < -0.3 is 14.8 Å². The Kier molecular flexibility index (Phi) is 6.17. The van der Waals surface area contributed by atoms with E-state index >= 15 is 0 Å². The van der Waals surface area contributed by atoms with Crippen molar-refractivity contribution in [1.29, 1.82) is 0 Å². The highest BCUT2D eigenvalue weighted by atomic mass is 16.5. The zero-order chi connectivity index (χ0) is 19.3. The summed E-state index contributed by atoms with van der Waals surface area (Å²) in [6, 6.07) is 15.9. The SMILES string of the molecule is Cc1ccc(C2(C(=O)Nc3ccc(OCC(C)C)cc3)CCOCC2)cc1. The number of hydrogen-bond acceptors (Lipinski definition) is 3. The molecule has 144 valence electrons. The molecular weight excluding hydrogens is 338 g/mol. The second kappa shape index (κ2) is 8.57. The average Bonchev–Trinajstić information content (AvgIpc) is 2.68. The predicted molar refractivity (Wildman–Crippen MR) is 108 cm³/mol. The molecule has 1 saturated heterocycles. The number of amides is 1. The van der Waals surface area contributed by atoms with Crippen LogP contribution in [0.1, 0.15) is 37.8 Å². The lowest BCUT2D eigenvalue weighted by Gasteiger charge is -2.36. The van der Waals surface area contributed by atoms with Crippen LogP contribution in [0.2, 0.25) is 0 Å². The van der Waals surface area contributed by atoms with E-state index in [2.05, 4.69) is 50.4 Å². The first-order valence-corrected chi connectivity index (χ1v) is 9.69. The fourth-order valence-electron chi connectivity index (χ4n) is 3.39. The molecule has 1 heterocycles. The Labute approximate surface area is 161 Å². The van der Waals surface area contributed by atoms with E-state index in [1.54, 1.807) is 0 Å². The van der Waals surface area contributed by atoms with Crippen LogP contribution in [0.3, 0.4) is 0 Å². The molecule has 1 amide bonds. The van der Waals surface area contributed by atoms with Crippen molar-refractivity contribution in [2.24, 2.45) is 5.92 Å². The monoisotopic (exact) mass is 367 g/mol. The van der Waals surface area contributed by atoms with Crippen molar-refractivity contribution in [3.05, 3.63) is 59.7 Å². The molecule has 3 rings (SSSR count). The fourth-order valence-corrected chi connectivity index (χ4v) is 3.39. The first-order valence-electron chi connectivity index (χ1n) is 9.69. The molecule has 0 bridgehead atoms. The van der Waals surface area contributed by atoms with Crippen LogP contribution in [0.15, 0.2) is 48.5 Å². The number of aryl methyl sites for hydroxylation is 1. The topological polar surface area (TPSA) is 47.6 Å². The Bertz CT molecular complexity index is 744. The number of rotatable bonds is 6. The summed E-state index contributed by atoms with van der Waals surface area (Å²) >= 11 is 0. The summed E-state index contributed by atoms with van der Waals surface area (Å²) < 4.78 is 11.3. The van der Waals surface area contributed by atoms with Crippen molar-refractivity contribution in [2.45, 2.75) is 39.0 Å². The van der Waals surface area contributed by atoms with E-state index in [9.17, 15) is 4.79 Å². The molecule has 0 radical (unpaired) electrons. The van der Waals surface area contributed by atoms with Crippen LogP contribution in [0.4, 0.5) is 5.69 Å². The van der Waals surface area contributed by atoms with Crippen LogP contribution < -0.4 is 10.1 Å². The van der Waals surface area contributed by atoms with Gasteiger partial charge in [-0.1, -0.05) is 43.7 Å². The van der Waals surface area contributed by atoms with Crippen molar-refractivity contribution in [3.8, 4) is 5.75 Å². The van der Waals surface area contributed by atoms with Crippen molar-refractivity contribution in [1.82, 2.24) is 0 Å². The van der Waals surface area contributed by atoms with Gasteiger partial charge in [-0.15, -0.1) is 0 Å². The van der Waals surface area contributed by atoms with Crippen molar-refractivity contribution >= 4 is 11.6 Å². The molecular formula is C23H29NO3. The highest BCUT2D eigenvalue weighted by Gasteiger charge is 2.41. The van der Waals surface area contributed by atoms with Crippen molar-refractivity contribution in [2.75, 3.05) is 25.1 Å². The summed E-state index contributed by atoms with van der Waals surface area (Å²) in [4.78, 5) is 13.3. The van der Waals surface area contributed by atoms with Crippen LogP contribution in [0.25, 0.3) is 0 Å². The fraction of sp³-hybridized carbons (Fsp3) is 0.435. The smallest absolute Gasteiger partial charge is 0.235 e. The first-order chi connectivity index (χ1) is 13.0. The number of hydrogen-bond donors (Lipinski definition) is 1. The van der Waals surface area contributed by atoms with Crippen LogP contribution in [-0.4, -0.2) is 25.7 Å². The van der Waals surface area contributed by atoms with Gasteiger partial charge in [0, 0.05) is 18.9 Å². The normalized spacial score (nSPS) is 16.1. The minimum Gasteiger partial charge on any atom is -0.493 e. The van der Waals surface area contributed by atoms with Gasteiger partial charge in [0.1, 0.15) is 5.75 Å². The van der Waals surface area contributed by atoms with Crippen molar-refractivity contribution < 1.29 is 14.3 Å². The third kappa shape index (κ3) is 4.69.